The summed E-state index contributed by atoms with van der Waals surface area (Å²) in [5.41, 5.74) is 1.33. The van der Waals surface area contributed by atoms with Crippen LogP contribution in [0.25, 0.3) is 0 Å². The SMILES string of the molecule is CN(C)CC1=CC=CC=CC=C1. The molecule has 0 aliphatic heterocycles. The minimum absolute atomic E-state index is 0.995. The molecule has 1 aliphatic carbocycles. The Bertz CT molecular complexity index is 242. The van der Waals surface area contributed by atoms with E-state index < -0.39 is 0 Å². The van der Waals surface area contributed by atoms with E-state index in [-0.39, 0.29) is 0 Å². The van der Waals surface area contributed by atoms with E-state index in [1.54, 1.807) is 0 Å². The van der Waals surface area contributed by atoms with Crippen LogP contribution in [-0.4, -0.2) is 25.5 Å². The first-order valence-electron chi connectivity index (χ1n) is 4.14. The Kier molecular flexibility index (Phi) is 3.55. The zero-order valence-electron chi connectivity index (χ0n) is 7.70. The monoisotopic (exact) mass is 161 g/mol. The van der Waals surface area contributed by atoms with Crippen LogP contribution in [0.5, 0.6) is 0 Å². The number of likely N-dealkylation sites (N-methyl/N-ethyl adjacent to an activating group) is 1. The minimum Gasteiger partial charge on any atom is -0.305 e. The van der Waals surface area contributed by atoms with E-state index in [4.69, 9.17) is 0 Å². The van der Waals surface area contributed by atoms with Gasteiger partial charge in [-0.25, -0.2) is 0 Å². The van der Waals surface area contributed by atoms with E-state index in [1.807, 2.05) is 18.2 Å². The summed E-state index contributed by atoms with van der Waals surface area (Å²) in [5, 5.41) is 0. The van der Waals surface area contributed by atoms with Crippen molar-refractivity contribution in [2.24, 2.45) is 0 Å². The highest BCUT2D eigenvalue weighted by atomic mass is 15.0. The van der Waals surface area contributed by atoms with E-state index in [2.05, 4.69) is 43.3 Å². The fourth-order valence-electron chi connectivity index (χ4n) is 1.08. The molecule has 0 saturated heterocycles. The lowest BCUT2D eigenvalue weighted by molar-refractivity contribution is 0.449. The van der Waals surface area contributed by atoms with Crippen LogP contribution in [0.2, 0.25) is 0 Å². The van der Waals surface area contributed by atoms with E-state index in [0.29, 0.717) is 0 Å². The molecule has 0 fully saturated rings. The first kappa shape index (κ1) is 9.01. The molecule has 0 saturated carbocycles. The molecule has 0 heterocycles. The van der Waals surface area contributed by atoms with Gasteiger partial charge in [-0.2, -0.15) is 0 Å². The first-order valence-corrected chi connectivity index (χ1v) is 4.14. The molecular formula is C11H15N. The summed E-state index contributed by atoms with van der Waals surface area (Å²) in [4.78, 5) is 2.16. The molecule has 0 N–H and O–H groups in total. The third-order valence-corrected chi connectivity index (χ3v) is 1.56. The quantitative estimate of drug-likeness (QED) is 0.600. The van der Waals surface area contributed by atoms with Gasteiger partial charge in [0.1, 0.15) is 0 Å². The fourth-order valence-corrected chi connectivity index (χ4v) is 1.08. The van der Waals surface area contributed by atoms with Gasteiger partial charge in [-0.3, -0.25) is 0 Å². The van der Waals surface area contributed by atoms with Crippen molar-refractivity contribution in [2.45, 2.75) is 0 Å². The molecule has 64 valence electrons. The van der Waals surface area contributed by atoms with Crippen LogP contribution in [0, 0.1) is 0 Å². The molecule has 0 aromatic heterocycles. The summed E-state index contributed by atoms with van der Waals surface area (Å²) in [6.45, 7) is 0.995. The standard InChI is InChI=1S/C11H15N/c1-12(2)10-11-8-6-4-3-5-7-9-11/h3-9H,10H2,1-2H3. The van der Waals surface area contributed by atoms with Gasteiger partial charge in [-0.1, -0.05) is 42.5 Å². The van der Waals surface area contributed by atoms with E-state index >= 15 is 0 Å². The van der Waals surface area contributed by atoms with Gasteiger partial charge in [0.2, 0.25) is 0 Å². The smallest absolute Gasteiger partial charge is 0.0227 e. The molecule has 0 aromatic carbocycles. The number of hydrogen-bond donors (Lipinski definition) is 0. The van der Waals surface area contributed by atoms with Crippen LogP contribution in [0.1, 0.15) is 0 Å². The zero-order chi connectivity index (χ0) is 8.81. The van der Waals surface area contributed by atoms with Crippen molar-refractivity contribution in [3.8, 4) is 0 Å². The lowest BCUT2D eigenvalue weighted by Gasteiger charge is -2.09. The largest absolute Gasteiger partial charge is 0.305 e. The Labute approximate surface area is 74.4 Å². The van der Waals surface area contributed by atoms with Crippen LogP contribution < -0.4 is 0 Å². The average molecular weight is 161 g/mol. The maximum absolute atomic E-state index is 2.16. The van der Waals surface area contributed by atoms with Crippen molar-refractivity contribution in [3.63, 3.8) is 0 Å². The molecule has 12 heavy (non-hydrogen) atoms. The maximum Gasteiger partial charge on any atom is 0.0227 e. The second-order valence-corrected chi connectivity index (χ2v) is 3.11. The van der Waals surface area contributed by atoms with Gasteiger partial charge in [0.05, 0.1) is 0 Å². The molecule has 1 nitrogen and oxygen atoms in total. The van der Waals surface area contributed by atoms with Crippen molar-refractivity contribution in [3.05, 3.63) is 48.1 Å². The van der Waals surface area contributed by atoms with Crippen molar-refractivity contribution >= 4 is 0 Å². The highest BCUT2D eigenvalue weighted by molar-refractivity contribution is 5.31. The van der Waals surface area contributed by atoms with Gasteiger partial charge in [0, 0.05) is 6.54 Å². The molecule has 1 rings (SSSR count). The summed E-state index contributed by atoms with van der Waals surface area (Å²) in [6.07, 6.45) is 14.5. The van der Waals surface area contributed by atoms with Gasteiger partial charge in [0.25, 0.3) is 0 Å². The normalized spacial score (nSPS) is 16.1. The Morgan fingerprint density at radius 3 is 2.42 bits per heavy atom. The summed E-state index contributed by atoms with van der Waals surface area (Å²) in [5.74, 6) is 0. The highest BCUT2D eigenvalue weighted by Gasteiger charge is 1.93. The molecule has 0 amide bonds. The van der Waals surface area contributed by atoms with E-state index in [9.17, 15) is 0 Å². The number of hydrogen-bond acceptors (Lipinski definition) is 1. The van der Waals surface area contributed by atoms with Crippen LogP contribution >= 0.6 is 0 Å². The molecule has 0 atom stereocenters. The third kappa shape index (κ3) is 3.35. The lowest BCUT2D eigenvalue weighted by atomic mass is 10.2. The van der Waals surface area contributed by atoms with Crippen LogP contribution in [0.15, 0.2) is 48.1 Å². The van der Waals surface area contributed by atoms with Gasteiger partial charge in [-0.05, 0) is 19.7 Å². The van der Waals surface area contributed by atoms with Gasteiger partial charge >= 0.3 is 0 Å². The number of rotatable bonds is 2. The molecule has 1 heteroatoms. The second kappa shape index (κ2) is 4.73. The van der Waals surface area contributed by atoms with Crippen LogP contribution in [0.3, 0.4) is 0 Å². The van der Waals surface area contributed by atoms with E-state index in [0.717, 1.165) is 6.54 Å². The second-order valence-electron chi connectivity index (χ2n) is 3.11. The summed E-state index contributed by atoms with van der Waals surface area (Å²) < 4.78 is 0. The highest BCUT2D eigenvalue weighted by Crippen LogP contribution is 2.02. The molecular weight excluding hydrogens is 146 g/mol. The topological polar surface area (TPSA) is 3.24 Å². The molecule has 0 aromatic rings. The molecule has 0 unspecified atom stereocenters. The lowest BCUT2D eigenvalue weighted by Crippen LogP contribution is -2.14. The first-order chi connectivity index (χ1) is 5.79. The molecule has 1 aliphatic rings. The van der Waals surface area contributed by atoms with Gasteiger partial charge in [-0.15, -0.1) is 0 Å². The third-order valence-electron chi connectivity index (χ3n) is 1.56. The predicted octanol–water partition coefficient (Wildman–Crippen LogP) is 2.16. The Morgan fingerprint density at radius 1 is 1.00 bits per heavy atom. The minimum atomic E-state index is 0.995. The van der Waals surface area contributed by atoms with Crippen molar-refractivity contribution in [2.75, 3.05) is 20.6 Å². The Hall–Kier alpha value is -1.08. The van der Waals surface area contributed by atoms with Gasteiger partial charge < -0.3 is 4.90 Å². The fraction of sp³-hybridized carbons (Fsp3) is 0.273. The summed E-state index contributed by atoms with van der Waals surface area (Å²) in [7, 11) is 4.15. The zero-order valence-corrected chi connectivity index (χ0v) is 7.70. The van der Waals surface area contributed by atoms with Crippen molar-refractivity contribution in [1.29, 1.82) is 0 Å². The van der Waals surface area contributed by atoms with Crippen LogP contribution in [0.4, 0.5) is 0 Å². The van der Waals surface area contributed by atoms with E-state index in [1.165, 1.54) is 5.57 Å². The predicted molar refractivity (Wildman–Crippen MR) is 54.1 cm³/mol. The maximum atomic E-state index is 2.16. The summed E-state index contributed by atoms with van der Waals surface area (Å²) >= 11 is 0. The van der Waals surface area contributed by atoms with Crippen LogP contribution in [-0.2, 0) is 0 Å². The molecule has 0 radical (unpaired) electrons. The Morgan fingerprint density at radius 2 is 1.67 bits per heavy atom. The number of allylic oxidation sites excluding steroid dienone is 6. The number of nitrogens with zero attached hydrogens (tertiary/aromatic N) is 1. The molecule has 0 spiro atoms. The van der Waals surface area contributed by atoms with Crippen molar-refractivity contribution in [1.82, 2.24) is 4.90 Å². The average Bonchev–Trinajstić information content (AvgIpc) is 1.93. The van der Waals surface area contributed by atoms with Crippen molar-refractivity contribution < 1.29 is 0 Å². The molecule has 0 bridgehead atoms. The summed E-state index contributed by atoms with van der Waals surface area (Å²) in [6, 6.07) is 0. The Balaban J connectivity index is 2.62. The van der Waals surface area contributed by atoms with Gasteiger partial charge in [0.15, 0.2) is 0 Å².